The molecule has 5 heterocycles. The van der Waals surface area contributed by atoms with Gasteiger partial charge in [-0.3, -0.25) is 4.79 Å². The fraction of sp³-hybridized carbons (Fsp3) is 0.375. The molecule has 234 valence electrons. The number of hydrogen-bond acceptors (Lipinski definition) is 9. The maximum absolute atomic E-state index is 16.6. The molecule has 3 aromatic heterocycles. The molecule has 4 aromatic rings. The summed E-state index contributed by atoms with van der Waals surface area (Å²) < 4.78 is 39.2. The van der Waals surface area contributed by atoms with Crippen LogP contribution in [0.5, 0.6) is 11.5 Å². The molecule has 1 fully saturated rings. The molecule has 6 rings (SSSR count). The molecule has 1 saturated heterocycles. The highest BCUT2D eigenvalue weighted by molar-refractivity contribution is 5.97. The number of carbonyl (C=O) groups is 1. The number of fused-ring (bicyclic) bond motifs is 2. The number of phenolic OH excluding ortho intramolecular Hbond substituents is 1. The standard InChI is InChI=1S/C32H33F2N7O4/c1-7-21(43)39-11-12-40-18(13-39)14-45-29-23-30(40)38-32(44)41(28-25(15(2)3)35-17(6)36-26(28)16(4)5)31(23)37-27(24(29)34)22-19(33)9-8-10-20(22)42/h7-10,15-16,18,42H,1,11-14H2,2-6H3/t18-/m1/s1. The quantitative estimate of drug-likeness (QED) is 0.325. The number of pyridine rings is 1. The van der Waals surface area contributed by atoms with Crippen molar-refractivity contribution >= 4 is 22.8 Å². The molecule has 0 spiro atoms. The van der Waals surface area contributed by atoms with Gasteiger partial charge in [-0.1, -0.05) is 40.3 Å². The summed E-state index contributed by atoms with van der Waals surface area (Å²) in [7, 11) is 0. The van der Waals surface area contributed by atoms with Gasteiger partial charge in [0.2, 0.25) is 5.91 Å². The predicted molar refractivity (Wildman–Crippen MR) is 164 cm³/mol. The number of halogens is 2. The van der Waals surface area contributed by atoms with E-state index in [4.69, 9.17) is 4.74 Å². The lowest BCUT2D eigenvalue weighted by Gasteiger charge is -2.40. The molecule has 1 amide bonds. The first-order valence-electron chi connectivity index (χ1n) is 14.8. The van der Waals surface area contributed by atoms with Crippen LogP contribution in [-0.4, -0.2) is 72.7 Å². The van der Waals surface area contributed by atoms with Crippen molar-refractivity contribution in [2.75, 3.05) is 31.1 Å². The average molecular weight is 618 g/mol. The number of hydrogen-bond donors (Lipinski definition) is 1. The highest BCUT2D eigenvalue weighted by atomic mass is 19.1. The Labute approximate surface area is 257 Å². The number of aromatic hydroxyl groups is 1. The lowest BCUT2D eigenvalue weighted by atomic mass is 10.0. The lowest BCUT2D eigenvalue weighted by Crippen LogP contribution is -2.56. The highest BCUT2D eigenvalue weighted by Gasteiger charge is 2.38. The van der Waals surface area contributed by atoms with E-state index in [1.807, 2.05) is 32.6 Å². The zero-order valence-electron chi connectivity index (χ0n) is 25.6. The van der Waals surface area contributed by atoms with Crippen LogP contribution < -0.4 is 15.3 Å². The molecule has 2 aliphatic heterocycles. The zero-order valence-corrected chi connectivity index (χ0v) is 25.6. The van der Waals surface area contributed by atoms with Gasteiger partial charge in [0.05, 0.1) is 28.7 Å². The van der Waals surface area contributed by atoms with Crippen LogP contribution in [0.2, 0.25) is 0 Å². The smallest absolute Gasteiger partial charge is 0.355 e. The van der Waals surface area contributed by atoms with E-state index in [2.05, 4.69) is 26.5 Å². The molecule has 0 unspecified atom stereocenters. The van der Waals surface area contributed by atoms with Crippen molar-refractivity contribution in [3.63, 3.8) is 0 Å². The number of aromatic nitrogens is 5. The van der Waals surface area contributed by atoms with Gasteiger partial charge in [0.15, 0.2) is 17.2 Å². The van der Waals surface area contributed by atoms with Gasteiger partial charge in [0.1, 0.15) is 40.9 Å². The second-order valence-electron chi connectivity index (χ2n) is 11.8. The minimum Gasteiger partial charge on any atom is -0.507 e. The molecule has 0 radical (unpaired) electrons. The molecule has 45 heavy (non-hydrogen) atoms. The summed E-state index contributed by atoms with van der Waals surface area (Å²) in [5.74, 6) is -2.72. The third-order valence-electron chi connectivity index (χ3n) is 8.16. The molecule has 11 nitrogen and oxygen atoms in total. The van der Waals surface area contributed by atoms with Gasteiger partial charge in [-0.2, -0.15) is 4.98 Å². The normalized spacial score (nSPS) is 16.2. The summed E-state index contributed by atoms with van der Waals surface area (Å²) in [5, 5.41) is 10.8. The molecule has 0 bridgehead atoms. The van der Waals surface area contributed by atoms with Gasteiger partial charge in [-0.05, 0) is 37.0 Å². The van der Waals surface area contributed by atoms with Crippen molar-refractivity contribution in [3.05, 3.63) is 70.2 Å². The number of rotatable bonds is 5. The van der Waals surface area contributed by atoms with Crippen LogP contribution in [0.1, 0.15) is 56.7 Å². The predicted octanol–water partition coefficient (Wildman–Crippen LogP) is 4.37. The molecule has 1 N–H and O–H groups in total. The van der Waals surface area contributed by atoms with E-state index in [1.165, 1.54) is 22.8 Å². The molecule has 0 aliphatic carbocycles. The summed E-state index contributed by atoms with van der Waals surface area (Å²) in [6.07, 6.45) is 1.22. The van der Waals surface area contributed by atoms with Crippen LogP contribution >= 0.6 is 0 Å². The number of amides is 1. The number of ether oxygens (including phenoxy) is 1. The Morgan fingerprint density at radius 1 is 1.09 bits per heavy atom. The van der Waals surface area contributed by atoms with Crippen molar-refractivity contribution in [2.45, 2.75) is 52.5 Å². The molecule has 1 aromatic carbocycles. The largest absolute Gasteiger partial charge is 0.507 e. The van der Waals surface area contributed by atoms with E-state index >= 15 is 8.78 Å². The lowest BCUT2D eigenvalue weighted by molar-refractivity contribution is -0.126. The molecule has 0 saturated carbocycles. The average Bonchev–Trinajstić information content (AvgIpc) is 3.15. The SMILES string of the molecule is C=CC(=O)N1CCN2c3nc(=O)n(-c4c(C(C)C)nc(C)nc4C(C)C)c4nc(-c5c(O)cccc5F)c(F)c(c34)OC[C@H]2C1. The van der Waals surface area contributed by atoms with Gasteiger partial charge in [-0.25, -0.2) is 33.1 Å². The van der Waals surface area contributed by atoms with E-state index in [1.54, 1.807) is 11.8 Å². The second kappa shape index (κ2) is 11.2. The van der Waals surface area contributed by atoms with Crippen molar-refractivity contribution < 1.29 is 23.4 Å². The van der Waals surface area contributed by atoms with E-state index in [0.717, 1.165) is 6.07 Å². The number of piperazine rings is 1. The zero-order chi connectivity index (χ0) is 32.3. The van der Waals surface area contributed by atoms with E-state index < -0.39 is 40.4 Å². The third-order valence-corrected chi connectivity index (χ3v) is 8.16. The van der Waals surface area contributed by atoms with Gasteiger partial charge >= 0.3 is 5.69 Å². The van der Waals surface area contributed by atoms with Crippen LogP contribution in [0.3, 0.4) is 0 Å². The number of aryl methyl sites for hydroxylation is 1. The minimum absolute atomic E-state index is 0.0550. The van der Waals surface area contributed by atoms with Crippen LogP contribution in [-0.2, 0) is 4.79 Å². The topological polar surface area (TPSA) is 127 Å². The third kappa shape index (κ3) is 4.86. The monoisotopic (exact) mass is 617 g/mol. The van der Waals surface area contributed by atoms with Crippen molar-refractivity contribution in [2.24, 2.45) is 0 Å². The van der Waals surface area contributed by atoms with Crippen molar-refractivity contribution in [1.29, 1.82) is 0 Å². The molecule has 13 heteroatoms. The Bertz CT molecular complexity index is 1890. The van der Waals surface area contributed by atoms with E-state index in [-0.39, 0.29) is 60.0 Å². The Hall–Kier alpha value is -4.94. The summed E-state index contributed by atoms with van der Waals surface area (Å²) in [6, 6.07) is 3.10. The van der Waals surface area contributed by atoms with Crippen molar-refractivity contribution in [1.82, 2.24) is 29.4 Å². The summed E-state index contributed by atoms with van der Waals surface area (Å²) in [5.41, 5.74) is -0.340. The van der Waals surface area contributed by atoms with E-state index in [0.29, 0.717) is 29.4 Å². The summed E-state index contributed by atoms with van der Waals surface area (Å²) in [4.78, 5) is 48.5. The van der Waals surface area contributed by atoms with Crippen LogP contribution in [0, 0.1) is 18.6 Å². The fourth-order valence-electron chi connectivity index (χ4n) is 6.07. The number of nitrogens with zero attached hydrogens (tertiary/aromatic N) is 7. The Kier molecular flexibility index (Phi) is 7.50. The number of benzene rings is 1. The number of anilines is 1. The first-order chi connectivity index (χ1) is 21.4. The maximum atomic E-state index is 16.6. The van der Waals surface area contributed by atoms with E-state index in [9.17, 15) is 14.7 Å². The van der Waals surface area contributed by atoms with Gasteiger partial charge < -0.3 is 19.6 Å². The summed E-state index contributed by atoms with van der Waals surface area (Å²) in [6.45, 7) is 13.8. The van der Waals surface area contributed by atoms with Gasteiger partial charge in [0, 0.05) is 19.6 Å². The molecular weight excluding hydrogens is 584 g/mol. The Balaban J connectivity index is 1.75. The maximum Gasteiger partial charge on any atom is 0.355 e. The van der Waals surface area contributed by atoms with Crippen molar-refractivity contribution in [3.8, 4) is 28.4 Å². The number of phenols is 1. The van der Waals surface area contributed by atoms with Crippen LogP contribution in [0.25, 0.3) is 28.0 Å². The second-order valence-corrected chi connectivity index (χ2v) is 11.8. The fourth-order valence-corrected chi connectivity index (χ4v) is 6.07. The highest BCUT2D eigenvalue weighted by Crippen LogP contribution is 2.44. The number of carbonyl (C=O) groups excluding carboxylic acids is 1. The minimum atomic E-state index is -1.02. The molecule has 1 atom stereocenters. The Morgan fingerprint density at radius 2 is 1.78 bits per heavy atom. The first kappa shape index (κ1) is 30.1. The van der Waals surface area contributed by atoms with Gasteiger partial charge in [-0.15, -0.1) is 0 Å². The molecule has 2 aliphatic rings. The molecular formula is C32H33F2N7O4. The summed E-state index contributed by atoms with van der Waals surface area (Å²) >= 11 is 0. The Morgan fingerprint density at radius 3 is 2.40 bits per heavy atom. The first-order valence-corrected chi connectivity index (χ1v) is 14.8. The van der Waals surface area contributed by atoms with Crippen LogP contribution in [0.15, 0.2) is 35.6 Å². The van der Waals surface area contributed by atoms with Gasteiger partial charge in [0.25, 0.3) is 0 Å². The van der Waals surface area contributed by atoms with Crippen LogP contribution in [0.4, 0.5) is 14.6 Å².